The number of carbonyl (C=O) groups is 2. The lowest BCUT2D eigenvalue weighted by atomic mass is 10.3. The van der Waals surface area contributed by atoms with Crippen LogP contribution in [0.25, 0.3) is 0 Å². The molecule has 1 saturated heterocycles. The van der Waals surface area contributed by atoms with Gasteiger partial charge in [0.15, 0.2) is 0 Å². The molecule has 1 saturated carbocycles. The number of morpholine rings is 1. The van der Waals surface area contributed by atoms with Gasteiger partial charge in [0.1, 0.15) is 0 Å². The summed E-state index contributed by atoms with van der Waals surface area (Å²) >= 11 is 0. The van der Waals surface area contributed by atoms with Gasteiger partial charge in [-0.15, -0.1) is 6.58 Å². The van der Waals surface area contributed by atoms with Crippen LogP contribution < -0.4 is 10.6 Å². The summed E-state index contributed by atoms with van der Waals surface area (Å²) in [5.74, 6) is -0.349. The molecule has 0 radical (unpaired) electrons. The molecule has 1 heterocycles. The van der Waals surface area contributed by atoms with Crippen molar-refractivity contribution >= 4 is 11.8 Å². The van der Waals surface area contributed by atoms with Gasteiger partial charge in [-0.1, -0.05) is 6.08 Å². The lowest BCUT2D eigenvalue weighted by Crippen LogP contribution is -2.41. The second-order valence-corrected chi connectivity index (χ2v) is 5.23. The van der Waals surface area contributed by atoms with E-state index in [-0.39, 0.29) is 23.7 Å². The number of hydrogen-bond acceptors (Lipinski definition) is 4. The fraction of sp³-hybridized carbons (Fsp3) is 0.714. The average Bonchev–Trinajstić information content (AvgIpc) is 3.26. The quantitative estimate of drug-likeness (QED) is 0.610. The van der Waals surface area contributed by atoms with Crippen molar-refractivity contribution in [1.29, 1.82) is 0 Å². The third-order valence-electron chi connectivity index (χ3n) is 3.72. The molecule has 0 bridgehead atoms. The molecule has 112 valence electrons. The van der Waals surface area contributed by atoms with E-state index in [1.165, 1.54) is 0 Å². The Morgan fingerprint density at radius 2 is 1.85 bits per heavy atom. The van der Waals surface area contributed by atoms with Crippen LogP contribution in [0.3, 0.4) is 0 Å². The molecular formula is C14H23N3O3. The van der Waals surface area contributed by atoms with Crippen LogP contribution in [0.1, 0.15) is 6.42 Å². The summed E-state index contributed by atoms with van der Waals surface area (Å²) < 4.78 is 5.27. The van der Waals surface area contributed by atoms with Gasteiger partial charge in [0.25, 0.3) is 0 Å². The van der Waals surface area contributed by atoms with Crippen molar-refractivity contribution in [2.24, 2.45) is 11.8 Å². The highest BCUT2D eigenvalue weighted by Gasteiger charge is 2.47. The van der Waals surface area contributed by atoms with Gasteiger partial charge in [-0.25, -0.2) is 0 Å². The zero-order chi connectivity index (χ0) is 14.4. The van der Waals surface area contributed by atoms with Crippen LogP contribution in [-0.2, 0) is 14.3 Å². The summed E-state index contributed by atoms with van der Waals surface area (Å²) in [6.07, 6.45) is 2.30. The summed E-state index contributed by atoms with van der Waals surface area (Å²) in [6, 6.07) is 0. The molecule has 2 fully saturated rings. The Morgan fingerprint density at radius 1 is 1.20 bits per heavy atom. The number of nitrogens with one attached hydrogen (secondary N) is 2. The van der Waals surface area contributed by atoms with Crippen LogP contribution in [0.15, 0.2) is 12.7 Å². The Hall–Kier alpha value is -1.40. The van der Waals surface area contributed by atoms with Crippen molar-refractivity contribution in [1.82, 2.24) is 15.5 Å². The molecule has 2 N–H and O–H groups in total. The summed E-state index contributed by atoms with van der Waals surface area (Å²) in [6.45, 7) is 8.86. The minimum atomic E-state index is -0.154. The largest absolute Gasteiger partial charge is 0.379 e. The predicted octanol–water partition coefficient (Wildman–Crippen LogP) is -0.627. The van der Waals surface area contributed by atoms with Gasteiger partial charge in [-0.3, -0.25) is 14.5 Å². The van der Waals surface area contributed by atoms with Gasteiger partial charge < -0.3 is 15.4 Å². The van der Waals surface area contributed by atoms with E-state index < -0.39 is 0 Å². The molecule has 0 spiro atoms. The average molecular weight is 281 g/mol. The van der Waals surface area contributed by atoms with E-state index in [0.29, 0.717) is 19.5 Å². The molecule has 2 amide bonds. The van der Waals surface area contributed by atoms with Crippen molar-refractivity contribution in [2.75, 3.05) is 45.9 Å². The van der Waals surface area contributed by atoms with Crippen molar-refractivity contribution in [3.63, 3.8) is 0 Å². The van der Waals surface area contributed by atoms with Crippen LogP contribution in [0.5, 0.6) is 0 Å². The molecule has 6 nitrogen and oxygen atoms in total. The SMILES string of the molecule is C=CCNC(=O)C1CC1C(=O)NCCN1CCOCC1. The number of amides is 2. The highest BCUT2D eigenvalue weighted by Crippen LogP contribution is 2.38. The molecule has 1 aliphatic carbocycles. The van der Waals surface area contributed by atoms with E-state index >= 15 is 0 Å². The molecule has 0 aromatic heterocycles. The lowest BCUT2D eigenvalue weighted by Gasteiger charge is -2.26. The Morgan fingerprint density at radius 3 is 2.50 bits per heavy atom. The van der Waals surface area contributed by atoms with Gasteiger partial charge in [-0.2, -0.15) is 0 Å². The Kier molecular flexibility index (Phi) is 5.55. The monoisotopic (exact) mass is 281 g/mol. The van der Waals surface area contributed by atoms with E-state index in [1.807, 2.05) is 0 Å². The second kappa shape index (κ2) is 7.40. The first-order valence-corrected chi connectivity index (χ1v) is 7.19. The first-order chi connectivity index (χ1) is 9.72. The van der Waals surface area contributed by atoms with Gasteiger partial charge >= 0.3 is 0 Å². The van der Waals surface area contributed by atoms with Crippen LogP contribution in [0.4, 0.5) is 0 Å². The van der Waals surface area contributed by atoms with E-state index in [4.69, 9.17) is 4.74 Å². The van der Waals surface area contributed by atoms with Crippen LogP contribution >= 0.6 is 0 Å². The van der Waals surface area contributed by atoms with Crippen molar-refractivity contribution in [3.8, 4) is 0 Å². The number of carbonyl (C=O) groups excluding carboxylic acids is 2. The van der Waals surface area contributed by atoms with Gasteiger partial charge in [0, 0.05) is 32.7 Å². The summed E-state index contributed by atoms with van der Waals surface area (Å²) in [5, 5.41) is 5.64. The van der Waals surface area contributed by atoms with E-state index in [0.717, 1.165) is 32.8 Å². The topological polar surface area (TPSA) is 70.7 Å². The first-order valence-electron chi connectivity index (χ1n) is 7.19. The maximum Gasteiger partial charge on any atom is 0.224 e. The van der Waals surface area contributed by atoms with Crippen molar-refractivity contribution in [2.45, 2.75) is 6.42 Å². The number of nitrogens with zero attached hydrogens (tertiary/aromatic N) is 1. The summed E-state index contributed by atoms with van der Waals surface area (Å²) in [4.78, 5) is 25.8. The minimum absolute atomic E-state index is 0.00277. The molecule has 20 heavy (non-hydrogen) atoms. The van der Waals surface area contributed by atoms with Crippen molar-refractivity contribution < 1.29 is 14.3 Å². The normalized spacial score (nSPS) is 25.8. The molecule has 0 aromatic rings. The highest BCUT2D eigenvalue weighted by molar-refractivity contribution is 5.92. The third kappa shape index (κ3) is 4.31. The zero-order valence-electron chi connectivity index (χ0n) is 11.8. The van der Waals surface area contributed by atoms with E-state index in [2.05, 4.69) is 22.1 Å². The summed E-state index contributed by atoms with van der Waals surface area (Å²) in [5.41, 5.74) is 0. The lowest BCUT2D eigenvalue weighted by molar-refractivity contribution is -0.127. The first kappa shape index (κ1) is 15.0. The van der Waals surface area contributed by atoms with Gasteiger partial charge in [0.2, 0.25) is 11.8 Å². The second-order valence-electron chi connectivity index (χ2n) is 5.23. The molecule has 1 aliphatic heterocycles. The van der Waals surface area contributed by atoms with Crippen molar-refractivity contribution in [3.05, 3.63) is 12.7 Å². The van der Waals surface area contributed by atoms with Gasteiger partial charge in [0.05, 0.1) is 25.0 Å². The molecule has 2 unspecified atom stereocenters. The molecule has 6 heteroatoms. The van der Waals surface area contributed by atoms with Crippen LogP contribution in [-0.4, -0.2) is 62.7 Å². The Balaban J connectivity index is 1.59. The number of ether oxygens (including phenoxy) is 1. The maximum atomic E-state index is 11.9. The van der Waals surface area contributed by atoms with Gasteiger partial charge in [-0.05, 0) is 6.42 Å². The minimum Gasteiger partial charge on any atom is -0.379 e. The molecule has 2 rings (SSSR count). The fourth-order valence-corrected chi connectivity index (χ4v) is 2.37. The van der Waals surface area contributed by atoms with Crippen LogP contribution in [0.2, 0.25) is 0 Å². The number of hydrogen-bond donors (Lipinski definition) is 2. The summed E-state index contributed by atoms with van der Waals surface area (Å²) in [7, 11) is 0. The molecular weight excluding hydrogens is 258 g/mol. The van der Waals surface area contributed by atoms with E-state index in [9.17, 15) is 9.59 Å². The van der Waals surface area contributed by atoms with E-state index in [1.54, 1.807) is 6.08 Å². The predicted molar refractivity (Wildman–Crippen MR) is 75.1 cm³/mol. The van der Waals surface area contributed by atoms with Crippen LogP contribution in [0, 0.1) is 11.8 Å². The Labute approximate surface area is 119 Å². The number of rotatable bonds is 7. The highest BCUT2D eigenvalue weighted by atomic mass is 16.5. The maximum absolute atomic E-state index is 11.9. The standard InChI is InChI=1S/C14H23N3O3/c1-2-3-15-13(18)11-10-12(11)14(19)16-4-5-17-6-8-20-9-7-17/h2,11-12H,1,3-10H2,(H,15,18)(H,16,19). The Bertz CT molecular complexity index is 367. The zero-order valence-corrected chi connectivity index (χ0v) is 11.8. The smallest absolute Gasteiger partial charge is 0.224 e. The fourth-order valence-electron chi connectivity index (χ4n) is 2.37. The molecule has 0 aromatic carbocycles. The third-order valence-corrected chi connectivity index (χ3v) is 3.72. The molecule has 2 aliphatic rings. The molecule has 2 atom stereocenters.